The van der Waals surface area contributed by atoms with Crippen molar-refractivity contribution >= 4 is 24.0 Å². The van der Waals surface area contributed by atoms with Crippen molar-refractivity contribution in [1.29, 1.82) is 0 Å². The lowest BCUT2D eigenvalue weighted by Gasteiger charge is -2.44. The number of carbonyl (C=O) groups is 1. The van der Waals surface area contributed by atoms with E-state index in [9.17, 15) is 4.79 Å². The van der Waals surface area contributed by atoms with E-state index in [1.807, 2.05) is 39.0 Å². The van der Waals surface area contributed by atoms with E-state index in [-0.39, 0.29) is 35.8 Å². The molecule has 0 saturated carbocycles. The minimum absolute atomic E-state index is 0. The van der Waals surface area contributed by atoms with Crippen molar-refractivity contribution in [3.05, 3.63) is 29.3 Å². The zero-order chi connectivity index (χ0) is 16.5. The lowest BCUT2D eigenvalue weighted by molar-refractivity contribution is -0.122. The number of likely N-dealkylation sites (tertiary alicyclic amines) is 1. The van der Waals surface area contributed by atoms with Gasteiger partial charge in [0.15, 0.2) is 0 Å². The topological polar surface area (TPSA) is 58.4 Å². The summed E-state index contributed by atoms with van der Waals surface area (Å²) in [7, 11) is 0. The predicted octanol–water partition coefficient (Wildman–Crippen LogP) is 3.11. The Labute approximate surface area is 146 Å². The highest BCUT2D eigenvalue weighted by molar-refractivity contribution is 5.95. The molecular weight excluding hydrogens is 310 g/mol. The SMILES string of the molecule is Cc1cccc(C)c1NC(=O)C(C)N1CCC(N)C(C)(C)C1.Cl. The zero-order valence-corrected chi connectivity index (χ0v) is 15.7. The van der Waals surface area contributed by atoms with Gasteiger partial charge in [0.2, 0.25) is 5.91 Å². The van der Waals surface area contributed by atoms with Gasteiger partial charge in [0.25, 0.3) is 0 Å². The predicted molar refractivity (Wildman–Crippen MR) is 99.2 cm³/mol. The van der Waals surface area contributed by atoms with Crippen molar-refractivity contribution in [1.82, 2.24) is 4.90 Å². The molecular formula is C18H30ClN3O. The molecule has 1 aliphatic heterocycles. The Morgan fingerprint density at radius 2 is 1.91 bits per heavy atom. The molecule has 1 heterocycles. The molecule has 1 amide bonds. The monoisotopic (exact) mass is 339 g/mol. The number of rotatable bonds is 3. The van der Waals surface area contributed by atoms with Crippen molar-refractivity contribution in [2.24, 2.45) is 11.1 Å². The number of amides is 1. The number of benzene rings is 1. The van der Waals surface area contributed by atoms with Gasteiger partial charge in [-0.15, -0.1) is 12.4 Å². The molecule has 2 unspecified atom stereocenters. The van der Waals surface area contributed by atoms with Crippen LogP contribution < -0.4 is 11.1 Å². The summed E-state index contributed by atoms with van der Waals surface area (Å²) in [5.74, 6) is 0.0590. The quantitative estimate of drug-likeness (QED) is 0.889. The Morgan fingerprint density at radius 1 is 1.35 bits per heavy atom. The van der Waals surface area contributed by atoms with Gasteiger partial charge >= 0.3 is 0 Å². The number of hydrogen-bond acceptors (Lipinski definition) is 3. The second-order valence-electron chi connectivity index (χ2n) is 7.29. The van der Waals surface area contributed by atoms with Gasteiger partial charge in [0.1, 0.15) is 0 Å². The van der Waals surface area contributed by atoms with Crippen LogP contribution in [0.5, 0.6) is 0 Å². The minimum atomic E-state index is -0.147. The number of nitrogens with one attached hydrogen (secondary N) is 1. The second-order valence-corrected chi connectivity index (χ2v) is 7.29. The Hall–Kier alpha value is -1.10. The van der Waals surface area contributed by atoms with Crippen LogP contribution in [0.1, 0.15) is 38.3 Å². The maximum Gasteiger partial charge on any atom is 0.241 e. The van der Waals surface area contributed by atoms with Crippen LogP contribution in [0.3, 0.4) is 0 Å². The van der Waals surface area contributed by atoms with Crippen molar-refractivity contribution in [2.45, 2.75) is 53.1 Å². The number of aryl methyl sites for hydroxylation is 2. The van der Waals surface area contributed by atoms with E-state index in [1.165, 1.54) is 0 Å². The molecule has 1 aromatic carbocycles. The minimum Gasteiger partial charge on any atom is -0.327 e. The lowest BCUT2D eigenvalue weighted by Crippen LogP contribution is -2.56. The summed E-state index contributed by atoms with van der Waals surface area (Å²) in [6.45, 7) is 12.1. The fourth-order valence-corrected chi connectivity index (χ4v) is 3.15. The third-order valence-corrected chi connectivity index (χ3v) is 5.00. The van der Waals surface area contributed by atoms with Crippen molar-refractivity contribution in [3.8, 4) is 0 Å². The van der Waals surface area contributed by atoms with Gasteiger partial charge in [0.05, 0.1) is 6.04 Å². The summed E-state index contributed by atoms with van der Waals surface area (Å²) < 4.78 is 0. The Morgan fingerprint density at radius 3 is 2.43 bits per heavy atom. The molecule has 1 saturated heterocycles. The smallest absolute Gasteiger partial charge is 0.241 e. The van der Waals surface area contributed by atoms with Crippen molar-refractivity contribution in [3.63, 3.8) is 0 Å². The van der Waals surface area contributed by atoms with E-state index in [2.05, 4.69) is 24.1 Å². The first-order chi connectivity index (χ1) is 10.2. The van der Waals surface area contributed by atoms with Gasteiger partial charge in [-0.2, -0.15) is 0 Å². The number of nitrogens with two attached hydrogens (primary N) is 1. The highest BCUT2D eigenvalue weighted by atomic mass is 35.5. The molecule has 0 bridgehead atoms. The fraction of sp³-hybridized carbons (Fsp3) is 0.611. The van der Waals surface area contributed by atoms with Gasteiger partial charge < -0.3 is 11.1 Å². The molecule has 2 rings (SSSR count). The summed E-state index contributed by atoms with van der Waals surface area (Å²) in [5, 5.41) is 3.10. The van der Waals surface area contributed by atoms with Crippen LogP contribution in [0.2, 0.25) is 0 Å². The Balaban J connectivity index is 0.00000264. The molecule has 0 radical (unpaired) electrons. The molecule has 5 heteroatoms. The van der Waals surface area contributed by atoms with E-state index in [4.69, 9.17) is 5.73 Å². The molecule has 0 spiro atoms. The molecule has 1 aromatic rings. The molecule has 0 aromatic heterocycles. The third kappa shape index (κ3) is 4.46. The summed E-state index contributed by atoms with van der Waals surface area (Å²) in [5.41, 5.74) is 9.37. The molecule has 3 N–H and O–H groups in total. The first-order valence-corrected chi connectivity index (χ1v) is 8.09. The highest BCUT2D eigenvalue weighted by Crippen LogP contribution is 2.29. The molecule has 1 aliphatic rings. The molecule has 23 heavy (non-hydrogen) atoms. The number of hydrogen-bond donors (Lipinski definition) is 2. The third-order valence-electron chi connectivity index (χ3n) is 5.00. The van der Waals surface area contributed by atoms with Gasteiger partial charge in [-0.05, 0) is 43.7 Å². The molecule has 130 valence electrons. The number of piperidine rings is 1. The van der Waals surface area contributed by atoms with Gasteiger partial charge in [-0.3, -0.25) is 9.69 Å². The number of carbonyl (C=O) groups excluding carboxylic acids is 1. The molecule has 4 nitrogen and oxygen atoms in total. The van der Waals surface area contributed by atoms with E-state index >= 15 is 0 Å². The molecule has 1 fully saturated rings. The average molecular weight is 340 g/mol. The second kappa shape index (κ2) is 7.65. The average Bonchev–Trinajstić information content (AvgIpc) is 2.45. The first-order valence-electron chi connectivity index (χ1n) is 8.09. The van der Waals surface area contributed by atoms with Crippen LogP contribution in [-0.2, 0) is 4.79 Å². The number of halogens is 1. The number of nitrogens with zero attached hydrogens (tertiary/aromatic N) is 1. The molecule has 0 aliphatic carbocycles. The summed E-state index contributed by atoms with van der Waals surface area (Å²) >= 11 is 0. The highest BCUT2D eigenvalue weighted by Gasteiger charge is 2.36. The van der Waals surface area contributed by atoms with E-state index in [0.717, 1.165) is 36.3 Å². The van der Waals surface area contributed by atoms with Gasteiger partial charge in [-0.25, -0.2) is 0 Å². The first kappa shape index (κ1) is 19.9. The van der Waals surface area contributed by atoms with E-state index in [0.29, 0.717) is 0 Å². The number of para-hydroxylation sites is 1. The summed E-state index contributed by atoms with van der Waals surface area (Å²) in [6, 6.07) is 6.12. The summed E-state index contributed by atoms with van der Waals surface area (Å²) in [6.07, 6.45) is 0.939. The van der Waals surface area contributed by atoms with E-state index in [1.54, 1.807) is 0 Å². The normalized spacial score (nSPS) is 22.1. The standard InChI is InChI=1S/C18H29N3O.ClH/c1-12-7-6-8-13(2)16(12)20-17(22)14(3)21-10-9-15(19)18(4,5)11-21;/h6-8,14-15H,9-11,19H2,1-5H3,(H,20,22);1H. The van der Waals surface area contributed by atoms with Crippen LogP contribution >= 0.6 is 12.4 Å². The summed E-state index contributed by atoms with van der Waals surface area (Å²) in [4.78, 5) is 14.9. The Kier molecular flexibility index (Phi) is 6.63. The van der Waals surface area contributed by atoms with Crippen molar-refractivity contribution < 1.29 is 4.79 Å². The maximum atomic E-state index is 12.6. The lowest BCUT2D eigenvalue weighted by atomic mass is 9.79. The number of anilines is 1. The van der Waals surface area contributed by atoms with Crippen LogP contribution in [0.25, 0.3) is 0 Å². The zero-order valence-electron chi connectivity index (χ0n) is 14.8. The van der Waals surface area contributed by atoms with Crippen LogP contribution in [0.15, 0.2) is 18.2 Å². The molecule has 2 atom stereocenters. The fourth-order valence-electron chi connectivity index (χ4n) is 3.15. The van der Waals surface area contributed by atoms with Crippen LogP contribution in [0.4, 0.5) is 5.69 Å². The van der Waals surface area contributed by atoms with Crippen molar-refractivity contribution in [2.75, 3.05) is 18.4 Å². The van der Waals surface area contributed by atoms with Crippen LogP contribution in [-0.4, -0.2) is 36.0 Å². The van der Waals surface area contributed by atoms with Gasteiger partial charge in [0, 0.05) is 24.8 Å². The van der Waals surface area contributed by atoms with Crippen LogP contribution in [0, 0.1) is 19.3 Å². The maximum absolute atomic E-state index is 12.6. The Bertz CT molecular complexity index is 539. The van der Waals surface area contributed by atoms with Gasteiger partial charge in [-0.1, -0.05) is 32.0 Å². The van der Waals surface area contributed by atoms with E-state index < -0.39 is 0 Å². The largest absolute Gasteiger partial charge is 0.327 e.